The summed E-state index contributed by atoms with van der Waals surface area (Å²) in [5.74, 6) is -0.356. The van der Waals surface area contributed by atoms with Gasteiger partial charge in [-0.05, 0) is 12.1 Å². The standard InChI is InChI=1S/C10H5BrClN3O2/c11-4-1-5-6(9-14-15-10(16)17-9)3-13-8(5)7(12)2-4/h1-3,13H,(H,15,16). The van der Waals surface area contributed by atoms with Crippen molar-refractivity contribution >= 4 is 38.4 Å². The average molecular weight is 315 g/mol. The number of H-pyrrole nitrogens is 2. The van der Waals surface area contributed by atoms with E-state index in [2.05, 4.69) is 31.1 Å². The van der Waals surface area contributed by atoms with Gasteiger partial charge in [0.25, 0.3) is 5.89 Å². The lowest BCUT2D eigenvalue weighted by Crippen LogP contribution is -1.93. The van der Waals surface area contributed by atoms with Crippen molar-refractivity contribution in [2.75, 3.05) is 0 Å². The van der Waals surface area contributed by atoms with Crippen LogP contribution in [0.1, 0.15) is 0 Å². The van der Waals surface area contributed by atoms with Gasteiger partial charge < -0.3 is 9.40 Å². The summed E-state index contributed by atoms with van der Waals surface area (Å²) >= 11 is 9.45. The fourth-order valence-corrected chi connectivity index (χ4v) is 2.54. The van der Waals surface area contributed by atoms with E-state index in [1.165, 1.54) is 0 Å². The molecule has 2 N–H and O–H groups in total. The van der Waals surface area contributed by atoms with Gasteiger partial charge in [-0.25, -0.2) is 9.89 Å². The van der Waals surface area contributed by atoms with Crippen LogP contribution >= 0.6 is 27.5 Å². The minimum atomic E-state index is -0.588. The number of nitrogens with zero attached hydrogens (tertiary/aromatic N) is 1. The van der Waals surface area contributed by atoms with Gasteiger partial charge in [-0.1, -0.05) is 27.5 Å². The fraction of sp³-hybridized carbons (Fsp3) is 0. The first-order chi connectivity index (χ1) is 8.15. The molecule has 2 aromatic heterocycles. The Kier molecular flexibility index (Phi) is 2.34. The van der Waals surface area contributed by atoms with Crippen molar-refractivity contribution in [3.05, 3.63) is 38.4 Å². The van der Waals surface area contributed by atoms with Gasteiger partial charge in [0.2, 0.25) is 0 Å². The molecule has 7 heteroatoms. The molecule has 1 aromatic carbocycles. The van der Waals surface area contributed by atoms with Gasteiger partial charge in [0, 0.05) is 16.1 Å². The van der Waals surface area contributed by atoms with Crippen molar-refractivity contribution in [2.24, 2.45) is 0 Å². The van der Waals surface area contributed by atoms with Crippen molar-refractivity contribution in [1.29, 1.82) is 0 Å². The zero-order valence-corrected chi connectivity index (χ0v) is 10.6. The lowest BCUT2D eigenvalue weighted by Gasteiger charge is -1.97. The molecule has 2 heterocycles. The maximum Gasteiger partial charge on any atom is 0.434 e. The first kappa shape index (κ1) is 10.6. The van der Waals surface area contributed by atoms with E-state index < -0.39 is 5.76 Å². The molecule has 0 radical (unpaired) electrons. The van der Waals surface area contributed by atoms with Gasteiger partial charge in [0.1, 0.15) is 0 Å². The minimum absolute atomic E-state index is 0.232. The van der Waals surface area contributed by atoms with Crippen LogP contribution in [0, 0.1) is 0 Å². The van der Waals surface area contributed by atoms with Crippen LogP contribution in [0.5, 0.6) is 0 Å². The molecule has 3 rings (SSSR count). The fourth-order valence-electron chi connectivity index (χ4n) is 1.68. The van der Waals surface area contributed by atoms with Crippen molar-refractivity contribution in [3.8, 4) is 11.5 Å². The van der Waals surface area contributed by atoms with E-state index in [0.717, 1.165) is 15.4 Å². The van der Waals surface area contributed by atoms with Gasteiger partial charge in [0.15, 0.2) is 0 Å². The summed E-state index contributed by atoms with van der Waals surface area (Å²) in [4.78, 5) is 13.9. The summed E-state index contributed by atoms with van der Waals surface area (Å²) < 4.78 is 5.76. The van der Waals surface area contributed by atoms with Gasteiger partial charge >= 0.3 is 5.76 Å². The van der Waals surface area contributed by atoms with E-state index in [0.29, 0.717) is 10.6 Å². The molecule has 0 saturated heterocycles. The van der Waals surface area contributed by atoms with Crippen LogP contribution in [0.4, 0.5) is 0 Å². The Hall–Kier alpha value is -1.53. The molecule has 0 fully saturated rings. The van der Waals surface area contributed by atoms with Crippen LogP contribution < -0.4 is 5.76 Å². The normalized spacial score (nSPS) is 11.2. The summed E-state index contributed by atoms with van der Waals surface area (Å²) in [6, 6.07) is 3.66. The largest absolute Gasteiger partial charge is 0.434 e. The highest BCUT2D eigenvalue weighted by Crippen LogP contribution is 2.33. The Balaban J connectivity index is 2.35. The van der Waals surface area contributed by atoms with E-state index in [9.17, 15) is 4.79 Å². The second kappa shape index (κ2) is 3.75. The number of hydrogen-bond donors (Lipinski definition) is 2. The first-order valence-corrected chi connectivity index (χ1v) is 5.84. The Morgan fingerprint density at radius 1 is 1.41 bits per heavy atom. The number of aromatic nitrogens is 3. The highest BCUT2D eigenvalue weighted by molar-refractivity contribution is 9.10. The van der Waals surface area contributed by atoms with Gasteiger partial charge in [-0.3, -0.25) is 0 Å². The van der Waals surface area contributed by atoms with E-state index in [1.54, 1.807) is 12.3 Å². The molecule has 0 amide bonds. The maximum absolute atomic E-state index is 10.9. The Bertz CT molecular complexity index is 758. The lowest BCUT2D eigenvalue weighted by molar-refractivity contribution is 0.527. The predicted octanol–water partition coefficient (Wildman–Crippen LogP) is 2.93. The third-order valence-electron chi connectivity index (χ3n) is 2.37. The Morgan fingerprint density at radius 3 is 2.94 bits per heavy atom. The molecule has 86 valence electrons. The smallest absolute Gasteiger partial charge is 0.388 e. The number of benzene rings is 1. The maximum atomic E-state index is 10.9. The molecule has 17 heavy (non-hydrogen) atoms. The predicted molar refractivity (Wildman–Crippen MR) is 67.1 cm³/mol. The number of fused-ring (bicyclic) bond motifs is 1. The molecule has 0 aliphatic rings. The third kappa shape index (κ3) is 1.69. The first-order valence-electron chi connectivity index (χ1n) is 4.67. The van der Waals surface area contributed by atoms with Crippen LogP contribution in [0.25, 0.3) is 22.4 Å². The number of aromatic amines is 2. The van der Waals surface area contributed by atoms with Crippen LogP contribution in [0.15, 0.2) is 32.0 Å². The van der Waals surface area contributed by atoms with Gasteiger partial charge in [-0.2, -0.15) is 0 Å². The lowest BCUT2D eigenvalue weighted by atomic mass is 10.2. The Morgan fingerprint density at radius 2 is 2.24 bits per heavy atom. The van der Waals surface area contributed by atoms with Gasteiger partial charge in [0.05, 0.1) is 16.1 Å². The van der Waals surface area contributed by atoms with Crippen molar-refractivity contribution in [3.63, 3.8) is 0 Å². The molecule has 0 bridgehead atoms. The zero-order chi connectivity index (χ0) is 12.0. The van der Waals surface area contributed by atoms with E-state index in [4.69, 9.17) is 16.0 Å². The number of halogens is 2. The summed E-state index contributed by atoms with van der Waals surface area (Å²) in [6.07, 6.45) is 1.70. The molecule has 5 nitrogen and oxygen atoms in total. The summed E-state index contributed by atoms with van der Waals surface area (Å²) in [5, 5.41) is 7.42. The molecule has 0 atom stereocenters. The quantitative estimate of drug-likeness (QED) is 0.725. The Labute approximate surface area is 108 Å². The zero-order valence-electron chi connectivity index (χ0n) is 8.25. The number of hydrogen-bond acceptors (Lipinski definition) is 3. The highest BCUT2D eigenvalue weighted by Gasteiger charge is 2.13. The molecule has 0 spiro atoms. The second-order valence-corrected chi connectivity index (χ2v) is 4.75. The monoisotopic (exact) mass is 313 g/mol. The van der Waals surface area contributed by atoms with Crippen molar-refractivity contribution in [2.45, 2.75) is 0 Å². The van der Waals surface area contributed by atoms with E-state index in [-0.39, 0.29) is 5.89 Å². The van der Waals surface area contributed by atoms with Gasteiger partial charge in [-0.15, -0.1) is 5.10 Å². The van der Waals surface area contributed by atoms with Crippen molar-refractivity contribution in [1.82, 2.24) is 15.2 Å². The van der Waals surface area contributed by atoms with Crippen LogP contribution in [-0.4, -0.2) is 15.2 Å². The van der Waals surface area contributed by atoms with E-state index >= 15 is 0 Å². The molecule has 3 aromatic rings. The number of rotatable bonds is 1. The molecule has 0 aliphatic heterocycles. The molecular formula is C10H5BrClN3O2. The molecular weight excluding hydrogens is 309 g/mol. The topological polar surface area (TPSA) is 74.7 Å². The minimum Gasteiger partial charge on any atom is -0.388 e. The summed E-state index contributed by atoms with van der Waals surface area (Å²) in [7, 11) is 0. The van der Waals surface area contributed by atoms with E-state index in [1.807, 2.05) is 6.07 Å². The summed E-state index contributed by atoms with van der Waals surface area (Å²) in [6.45, 7) is 0. The highest BCUT2D eigenvalue weighted by atomic mass is 79.9. The third-order valence-corrected chi connectivity index (χ3v) is 3.13. The summed E-state index contributed by atoms with van der Waals surface area (Å²) in [5.41, 5.74) is 1.46. The van der Waals surface area contributed by atoms with Crippen LogP contribution in [-0.2, 0) is 0 Å². The number of nitrogens with one attached hydrogen (secondary N) is 2. The molecule has 0 unspecified atom stereocenters. The van der Waals surface area contributed by atoms with Crippen molar-refractivity contribution < 1.29 is 4.42 Å². The van der Waals surface area contributed by atoms with Crippen LogP contribution in [0.2, 0.25) is 5.02 Å². The molecule has 0 saturated carbocycles. The second-order valence-electron chi connectivity index (χ2n) is 3.43. The SMILES string of the molecule is O=c1[nH]nc(-c2c[nH]c3c(Cl)cc(Br)cc23)o1. The van der Waals surface area contributed by atoms with Crippen LogP contribution in [0.3, 0.4) is 0 Å². The average Bonchev–Trinajstić information content (AvgIpc) is 2.83. The molecule has 0 aliphatic carbocycles.